The number of hydrogen-bond donors (Lipinski definition) is 1. The first-order chi connectivity index (χ1) is 11.7. The Morgan fingerprint density at radius 3 is 2.04 bits per heavy atom. The number of anilines is 1. The van der Waals surface area contributed by atoms with Crippen LogP contribution in [-0.4, -0.2) is 35.5 Å². The van der Waals surface area contributed by atoms with Crippen molar-refractivity contribution in [2.75, 3.05) is 11.6 Å². The number of thiazole rings is 1. The zero-order valence-corrected chi connectivity index (χ0v) is 13.3. The smallest absolute Gasteiger partial charge is 0.286 e. The lowest BCUT2D eigenvalue weighted by Crippen LogP contribution is -2.61. The number of nitrogens with zero attached hydrogens (tertiary/aromatic N) is 2. The molecule has 0 saturated heterocycles. The number of fused-ring (bicyclic) bond motifs is 1. The van der Waals surface area contributed by atoms with Crippen molar-refractivity contribution < 1.29 is 39.5 Å². The van der Waals surface area contributed by atoms with Gasteiger partial charge in [0, 0.05) is 13.0 Å². The molecule has 1 aromatic carbocycles. The first-order valence-electron chi connectivity index (χ1n) is 6.79. The largest absolute Gasteiger partial charge is 0.460 e. The fourth-order valence-electron chi connectivity index (χ4n) is 1.90. The Hall–Kier alpha value is -1.76. The lowest BCUT2D eigenvalue weighted by Gasteiger charge is -2.34. The van der Waals surface area contributed by atoms with Gasteiger partial charge < -0.3 is 0 Å². The normalized spacial score (nSPS) is 14.1. The van der Waals surface area contributed by atoms with Gasteiger partial charge in [-0.05, 0) is 12.1 Å². The lowest BCUT2D eigenvalue weighted by atomic mass is 10.0. The van der Waals surface area contributed by atoms with Crippen LogP contribution in [-0.2, 0) is 0 Å². The van der Waals surface area contributed by atoms with Crippen molar-refractivity contribution in [3.63, 3.8) is 0 Å². The first-order valence-corrected chi connectivity index (χ1v) is 7.60. The summed E-state index contributed by atoms with van der Waals surface area (Å²) in [6.07, 6.45) is -8.88. The van der Waals surface area contributed by atoms with E-state index in [2.05, 4.69) is 4.98 Å². The van der Waals surface area contributed by atoms with Gasteiger partial charge in [0.2, 0.25) is 5.13 Å². The zero-order chi connectivity index (χ0) is 20.0. The lowest BCUT2D eigenvalue weighted by molar-refractivity contribution is -0.396. The molecule has 0 radical (unpaired) electrons. The summed E-state index contributed by atoms with van der Waals surface area (Å²) in [7, 11) is 0. The highest BCUT2D eigenvalue weighted by molar-refractivity contribution is 7.22. The number of nitrogens with two attached hydrogens (primary N) is 1. The van der Waals surface area contributed by atoms with Gasteiger partial charge in [0.05, 0.1) is 10.2 Å². The Morgan fingerprint density at radius 2 is 1.50 bits per heavy atom. The van der Waals surface area contributed by atoms with Gasteiger partial charge in [0.25, 0.3) is 0 Å². The van der Waals surface area contributed by atoms with Gasteiger partial charge in [-0.25, -0.2) is 10.8 Å². The molecule has 0 fully saturated rings. The fraction of sp³-hybridized carbons (Fsp3) is 0.462. The third-order valence-electron chi connectivity index (χ3n) is 3.40. The Kier molecular flexibility index (Phi) is 5.09. The van der Waals surface area contributed by atoms with E-state index in [0.717, 1.165) is 11.3 Å². The standard InChI is InChI=1S/C13H10F9N3S/c14-10(15,11(16,17)12(18,19)13(20,21)22)5-6-25(23)9-24-7-3-1-2-4-8(7)26-9/h1-4H,5-6,23H2. The molecule has 1 heterocycles. The number of rotatable bonds is 6. The molecule has 0 amide bonds. The fourth-order valence-corrected chi connectivity index (χ4v) is 2.82. The van der Waals surface area contributed by atoms with Crippen LogP contribution in [0, 0.1) is 0 Å². The van der Waals surface area contributed by atoms with Crippen molar-refractivity contribution in [3.05, 3.63) is 24.3 Å². The molecule has 0 atom stereocenters. The molecule has 0 bridgehead atoms. The van der Waals surface area contributed by atoms with Crippen LogP contribution >= 0.6 is 11.3 Å². The first kappa shape index (κ1) is 20.6. The molecule has 0 saturated carbocycles. The van der Waals surface area contributed by atoms with Crippen molar-refractivity contribution in [1.29, 1.82) is 0 Å². The molecule has 2 aromatic rings. The van der Waals surface area contributed by atoms with Crippen LogP contribution < -0.4 is 10.9 Å². The van der Waals surface area contributed by atoms with Crippen molar-refractivity contribution in [3.8, 4) is 0 Å². The van der Waals surface area contributed by atoms with Crippen molar-refractivity contribution in [2.45, 2.75) is 30.4 Å². The van der Waals surface area contributed by atoms with Crippen molar-refractivity contribution in [1.82, 2.24) is 4.98 Å². The van der Waals surface area contributed by atoms with E-state index in [1.807, 2.05) is 0 Å². The average molecular weight is 411 g/mol. The Balaban J connectivity index is 2.15. The molecule has 2 rings (SSSR count). The monoisotopic (exact) mass is 411 g/mol. The van der Waals surface area contributed by atoms with E-state index in [9.17, 15) is 39.5 Å². The quantitative estimate of drug-likeness (QED) is 0.421. The summed E-state index contributed by atoms with van der Waals surface area (Å²) in [5.74, 6) is -13.8. The number of alkyl halides is 9. The molecule has 0 unspecified atom stereocenters. The topological polar surface area (TPSA) is 42.1 Å². The van der Waals surface area contributed by atoms with Gasteiger partial charge in [0.1, 0.15) is 0 Å². The minimum atomic E-state index is -6.90. The Labute approximate surface area is 144 Å². The summed E-state index contributed by atoms with van der Waals surface area (Å²) in [5, 5.41) is 0.397. The Bertz CT molecular complexity index is 739. The molecule has 1 aromatic heterocycles. The van der Waals surface area contributed by atoms with Crippen LogP contribution in [0.25, 0.3) is 10.2 Å². The van der Waals surface area contributed by atoms with E-state index in [0.29, 0.717) is 15.2 Å². The van der Waals surface area contributed by atoms with Crippen LogP contribution in [0.5, 0.6) is 0 Å². The van der Waals surface area contributed by atoms with Crippen molar-refractivity contribution >= 4 is 26.7 Å². The molecule has 0 aliphatic heterocycles. The van der Waals surface area contributed by atoms with E-state index in [1.165, 1.54) is 0 Å². The van der Waals surface area contributed by atoms with E-state index >= 15 is 0 Å². The highest BCUT2D eigenvalue weighted by atomic mass is 32.1. The maximum absolute atomic E-state index is 13.5. The molecule has 0 aliphatic carbocycles. The van der Waals surface area contributed by atoms with Crippen LogP contribution in [0.3, 0.4) is 0 Å². The molecule has 0 aliphatic rings. The van der Waals surface area contributed by atoms with Gasteiger partial charge in [-0.15, -0.1) is 0 Å². The second kappa shape index (κ2) is 6.44. The third-order valence-corrected chi connectivity index (χ3v) is 4.48. The van der Waals surface area contributed by atoms with Gasteiger partial charge in [-0.3, -0.25) is 5.01 Å². The van der Waals surface area contributed by atoms with Crippen LogP contribution in [0.1, 0.15) is 6.42 Å². The van der Waals surface area contributed by atoms with E-state index in [1.54, 1.807) is 24.3 Å². The van der Waals surface area contributed by atoms with Crippen LogP contribution in [0.4, 0.5) is 44.6 Å². The van der Waals surface area contributed by atoms with Crippen LogP contribution in [0.15, 0.2) is 24.3 Å². The van der Waals surface area contributed by atoms with Crippen molar-refractivity contribution in [2.24, 2.45) is 5.84 Å². The number of hydrazine groups is 1. The highest BCUT2D eigenvalue weighted by Gasteiger charge is 2.81. The maximum atomic E-state index is 13.5. The number of benzene rings is 1. The third kappa shape index (κ3) is 3.41. The van der Waals surface area contributed by atoms with Gasteiger partial charge >= 0.3 is 23.9 Å². The van der Waals surface area contributed by atoms with E-state index in [4.69, 9.17) is 5.84 Å². The van der Waals surface area contributed by atoms with Gasteiger partial charge in [-0.2, -0.15) is 39.5 Å². The molecular formula is C13H10F9N3S. The molecule has 0 spiro atoms. The van der Waals surface area contributed by atoms with Gasteiger partial charge in [-0.1, -0.05) is 23.5 Å². The summed E-state index contributed by atoms with van der Waals surface area (Å²) in [6.45, 7) is -1.13. The molecule has 146 valence electrons. The number of halogens is 9. The Morgan fingerprint density at radius 1 is 0.923 bits per heavy atom. The van der Waals surface area contributed by atoms with Gasteiger partial charge in [0.15, 0.2) is 0 Å². The minimum absolute atomic E-state index is 0.0899. The number of para-hydroxylation sites is 1. The molecular weight excluding hydrogens is 401 g/mol. The number of aromatic nitrogens is 1. The summed E-state index contributed by atoms with van der Waals surface area (Å²) in [4.78, 5) is 3.92. The second-order valence-corrected chi connectivity index (χ2v) is 6.27. The van der Waals surface area contributed by atoms with Crippen LogP contribution in [0.2, 0.25) is 0 Å². The summed E-state index contributed by atoms with van der Waals surface area (Å²) in [5.41, 5.74) is 0.420. The summed E-state index contributed by atoms with van der Waals surface area (Å²) in [6, 6.07) is 6.41. The predicted octanol–water partition coefficient (Wildman–Crippen LogP) is 4.83. The van der Waals surface area contributed by atoms with E-state index < -0.39 is 36.9 Å². The number of hydrogen-bond acceptors (Lipinski definition) is 4. The average Bonchev–Trinajstić information content (AvgIpc) is 2.95. The molecule has 13 heteroatoms. The molecule has 3 nitrogen and oxygen atoms in total. The predicted molar refractivity (Wildman–Crippen MR) is 76.7 cm³/mol. The second-order valence-electron chi connectivity index (χ2n) is 5.26. The summed E-state index contributed by atoms with van der Waals surface area (Å²) < 4.78 is 116. The maximum Gasteiger partial charge on any atom is 0.460 e. The zero-order valence-electron chi connectivity index (χ0n) is 12.5. The SMILES string of the molecule is NN(CCC(F)(F)C(F)(F)C(F)(F)C(F)(F)F)c1nc2ccccc2s1. The minimum Gasteiger partial charge on any atom is -0.286 e. The molecule has 26 heavy (non-hydrogen) atoms. The molecule has 2 N–H and O–H groups in total. The summed E-state index contributed by atoms with van der Waals surface area (Å²) >= 11 is 0.903. The highest BCUT2D eigenvalue weighted by Crippen LogP contribution is 2.54. The van der Waals surface area contributed by atoms with E-state index in [-0.39, 0.29) is 5.13 Å².